The van der Waals surface area contributed by atoms with Crippen molar-refractivity contribution in [1.29, 1.82) is 0 Å². The first-order valence-corrected chi connectivity index (χ1v) is 10.5. The van der Waals surface area contributed by atoms with Gasteiger partial charge < -0.3 is 9.47 Å². The molecular formula is C26H21FO2S. The fourth-order valence-corrected chi connectivity index (χ4v) is 3.90. The lowest BCUT2D eigenvalue weighted by atomic mass is 10.2. The lowest BCUT2D eigenvalue weighted by molar-refractivity contribution is 0.273. The van der Waals surface area contributed by atoms with Crippen LogP contribution in [0, 0.1) is 5.82 Å². The first kappa shape index (κ1) is 20.0. The highest BCUT2D eigenvalue weighted by atomic mass is 32.2. The van der Waals surface area contributed by atoms with Crippen molar-refractivity contribution in [3.63, 3.8) is 0 Å². The fraction of sp³-hybridized carbons (Fsp3) is 0.0769. The zero-order chi connectivity index (χ0) is 20.6. The first-order valence-electron chi connectivity index (χ1n) is 9.68. The summed E-state index contributed by atoms with van der Waals surface area (Å²) in [4.78, 5) is 1.78. The van der Waals surface area contributed by atoms with E-state index in [0.717, 1.165) is 20.9 Å². The predicted octanol–water partition coefficient (Wildman–Crippen LogP) is 7.13. The summed E-state index contributed by atoms with van der Waals surface area (Å²) in [7, 11) is 0. The standard InChI is InChI=1S/C26H21FO2S/c27-22-16-24(28-18-20-10-4-1-5-11-20)26(30-23-14-8-3-9-15-23)25(17-22)29-19-21-12-6-2-7-13-21/h1-17H,18-19H2. The SMILES string of the molecule is Fc1cc(OCc2ccccc2)c(Sc2ccccc2)c(OCc2ccccc2)c1. The molecule has 0 aliphatic heterocycles. The van der Waals surface area contributed by atoms with Gasteiger partial charge in [0, 0.05) is 17.0 Å². The molecule has 0 spiro atoms. The average molecular weight is 417 g/mol. The normalized spacial score (nSPS) is 10.6. The molecule has 4 heteroatoms. The molecule has 0 fully saturated rings. The van der Waals surface area contributed by atoms with Crippen molar-refractivity contribution >= 4 is 11.8 Å². The number of halogens is 1. The maximum absolute atomic E-state index is 14.4. The van der Waals surface area contributed by atoms with Crippen molar-refractivity contribution in [2.45, 2.75) is 23.0 Å². The van der Waals surface area contributed by atoms with E-state index in [-0.39, 0.29) is 0 Å². The van der Waals surface area contributed by atoms with Gasteiger partial charge in [-0.3, -0.25) is 0 Å². The van der Waals surface area contributed by atoms with E-state index in [9.17, 15) is 4.39 Å². The van der Waals surface area contributed by atoms with Crippen LogP contribution in [0.3, 0.4) is 0 Å². The Morgan fingerprint density at radius 1 is 0.600 bits per heavy atom. The molecule has 4 rings (SSSR count). The van der Waals surface area contributed by atoms with E-state index < -0.39 is 5.82 Å². The lowest BCUT2D eigenvalue weighted by Crippen LogP contribution is -2.01. The van der Waals surface area contributed by atoms with E-state index in [1.807, 2.05) is 91.0 Å². The third-order valence-corrected chi connectivity index (χ3v) is 5.54. The minimum absolute atomic E-state index is 0.352. The van der Waals surface area contributed by atoms with Gasteiger partial charge in [0.05, 0.1) is 4.90 Å². The van der Waals surface area contributed by atoms with E-state index in [1.54, 1.807) is 0 Å². The minimum atomic E-state index is -0.390. The van der Waals surface area contributed by atoms with Gasteiger partial charge in [-0.05, 0) is 23.3 Å². The van der Waals surface area contributed by atoms with Gasteiger partial charge in [0.25, 0.3) is 0 Å². The zero-order valence-electron chi connectivity index (χ0n) is 16.3. The molecule has 0 heterocycles. The number of benzene rings is 4. The summed E-state index contributed by atoms with van der Waals surface area (Å²) in [6, 6.07) is 32.4. The molecule has 0 radical (unpaired) electrons. The van der Waals surface area contributed by atoms with E-state index in [0.29, 0.717) is 24.7 Å². The van der Waals surface area contributed by atoms with Crippen molar-refractivity contribution in [3.05, 3.63) is 120 Å². The molecule has 150 valence electrons. The van der Waals surface area contributed by atoms with Crippen LogP contribution >= 0.6 is 11.8 Å². The van der Waals surface area contributed by atoms with Crippen LogP contribution in [0.2, 0.25) is 0 Å². The van der Waals surface area contributed by atoms with Crippen LogP contribution in [0.5, 0.6) is 11.5 Å². The molecule has 0 atom stereocenters. The predicted molar refractivity (Wildman–Crippen MR) is 119 cm³/mol. The van der Waals surface area contributed by atoms with Gasteiger partial charge in [0.1, 0.15) is 30.5 Å². The Hall–Kier alpha value is -3.24. The second-order valence-electron chi connectivity index (χ2n) is 6.69. The van der Waals surface area contributed by atoms with E-state index >= 15 is 0 Å². The summed E-state index contributed by atoms with van der Waals surface area (Å²) in [5.74, 6) is 0.546. The quantitative estimate of drug-likeness (QED) is 0.304. The van der Waals surface area contributed by atoms with E-state index in [2.05, 4.69) is 0 Å². The molecule has 0 N–H and O–H groups in total. The summed E-state index contributed by atoms with van der Waals surface area (Å²) in [5.41, 5.74) is 2.04. The summed E-state index contributed by atoms with van der Waals surface area (Å²) in [6.07, 6.45) is 0. The van der Waals surface area contributed by atoms with Crippen molar-refractivity contribution in [1.82, 2.24) is 0 Å². The van der Waals surface area contributed by atoms with Gasteiger partial charge in [-0.1, -0.05) is 90.6 Å². The Balaban J connectivity index is 1.63. The third-order valence-electron chi connectivity index (χ3n) is 4.42. The number of ether oxygens (including phenoxy) is 2. The Morgan fingerprint density at radius 3 is 1.50 bits per heavy atom. The average Bonchev–Trinajstić information content (AvgIpc) is 2.80. The van der Waals surface area contributed by atoms with Gasteiger partial charge in [-0.15, -0.1) is 0 Å². The van der Waals surface area contributed by atoms with Crippen LogP contribution in [0.4, 0.5) is 4.39 Å². The van der Waals surface area contributed by atoms with Gasteiger partial charge in [-0.2, -0.15) is 0 Å². The third kappa shape index (κ3) is 5.43. The largest absolute Gasteiger partial charge is 0.487 e. The molecule has 30 heavy (non-hydrogen) atoms. The molecule has 2 nitrogen and oxygen atoms in total. The first-order chi connectivity index (χ1) is 14.8. The van der Waals surface area contributed by atoms with Crippen LogP contribution in [0.25, 0.3) is 0 Å². The molecule has 4 aromatic rings. The van der Waals surface area contributed by atoms with Crippen LogP contribution < -0.4 is 9.47 Å². The van der Waals surface area contributed by atoms with Crippen molar-refractivity contribution < 1.29 is 13.9 Å². The molecule has 0 saturated carbocycles. The molecule has 0 bridgehead atoms. The van der Waals surface area contributed by atoms with Crippen molar-refractivity contribution in [3.8, 4) is 11.5 Å². The van der Waals surface area contributed by atoms with E-state index in [4.69, 9.17) is 9.47 Å². The second kappa shape index (κ2) is 9.99. The van der Waals surface area contributed by atoms with Gasteiger partial charge in [0.2, 0.25) is 0 Å². The monoisotopic (exact) mass is 416 g/mol. The van der Waals surface area contributed by atoms with E-state index in [1.165, 1.54) is 23.9 Å². The highest BCUT2D eigenvalue weighted by Gasteiger charge is 2.16. The summed E-state index contributed by atoms with van der Waals surface area (Å²) in [6.45, 7) is 0.704. The highest BCUT2D eigenvalue weighted by Crippen LogP contribution is 2.43. The Labute approximate surface area is 180 Å². The number of rotatable bonds is 8. The molecule has 4 aromatic carbocycles. The highest BCUT2D eigenvalue weighted by molar-refractivity contribution is 7.99. The molecule has 0 aromatic heterocycles. The molecule has 0 aliphatic carbocycles. The summed E-state index contributed by atoms with van der Waals surface area (Å²) in [5, 5.41) is 0. The number of hydrogen-bond donors (Lipinski definition) is 0. The molecular weight excluding hydrogens is 395 g/mol. The Morgan fingerprint density at radius 2 is 1.03 bits per heavy atom. The minimum Gasteiger partial charge on any atom is -0.487 e. The van der Waals surface area contributed by atoms with Crippen LogP contribution in [-0.4, -0.2) is 0 Å². The number of hydrogen-bond acceptors (Lipinski definition) is 3. The molecule has 0 aliphatic rings. The maximum atomic E-state index is 14.4. The van der Waals surface area contributed by atoms with Crippen LogP contribution in [0.15, 0.2) is 113 Å². The summed E-state index contributed by atoms with van der Waals surface area (Å²) < 4.78 is 26.5. The lowest BCUT2D eigenvalue weighted by Gasteiger charge is -2.17. The van der Waals surface area contributed by atoms with Crippen molar-refractivity contribution in [2.24, 2.45) is 0 Å². The molecule has 0 amide bonds. The second-order valence-corrected chi connectivity index (χ2v) is 7.78. The van der Waals surface area contributed by atoms with Gasteiger partial charge in [-0.25, -0.2) is 4.39 Å². The molecule has 0 saturated heterocycles. The van der Waals surface area contributed by atoms with Crippen LogP contribution in [0.1, 0.15) is 11.1 Å². The van der Waals surface area contributed by atoms with Crippen molar-refractivity contribution in [2.75, 3.05) is 0 Å². The smallest absolute Gasteiger partial charge is 0.140 e. The summed E-state index contributed by atoms with van der Waals surface area (Å²) >= 11 is 1.50. The van der Waals surface area contributed by atoms with Gasteiger partial charge in [0.15, 0.2) is 0 Å². The topological polar surface area (TPSA) is 18.5 Å². The Kier molecular flexibility index (Phi) is 6.68. The molecule has 0 unspecified atom stereocenters. The van der Waals surface area contributed by atoms with Gasteiger partial charge >= 0.3 is 0 Å². The maximum Gasteiger partial charge on any atom is 0.140 e. The van der Waals surface area contributed by atoms with Crippen LogP contribution in [-0.2, 0) is 13.2 Å². The fourth-order valence-electron chi connectivity index (χ4n) is 2.94. The zero-order valence-corrected chi connectivity index (χ0v) is 17.1. The Bertz CT molecular complexity index is 1010.